The molecule has 5 nitrogen and oxygen atoms in total. The van der Waals surface area contributed by atoms with Crippen LogP contribution in [0.25, 0.3) is 0 Å². The number of rotatable bonds is 5. The van der Waals surface area contributed by atoms with E-state index in [0.29, 0.717) is 13.2 Å². The summed E-state index contributed by atoms with van der Waals surface area (Å²) >= 11 is 0. The SMILES string of the molecule is CC(C)N(CC1CO1)CP(=O)(O)O. The summed E-state index contributed by atoms with van der Waals surface area (Å²) in [4.78, 5) is 19.3. The van der Waals surface area contributed by atoms with Gasteiger partial charge >= 0.3 is 7.60 Å². The van der Waals surface area contributed by atoms with Gasteiger partial charge in [0.25, 0.3) is 0 Å². The van der Waals surface area contributed by atoms with Gasteiger partial charge in [-0.2, -0.15) is 0 Å². The molecule has 6 heteroatoms. The molecule has 0 spiro atoms. The standard InChI is InChI=1S/C7H16NO4P/c1-6(2)8(3-7-4-12-7)5-13(9,10)11/h6-7H,3-5H2,1-2H3,(H2,9,10,11). The van der Waals surface area contributed by atoms with Crippen molar-refractivity contribution in [2.75, 3.05) is 19.4 Å². The summed E-state index contributed by atoms with van der Waals surface area (Å²) in [6, 6.07) is 0.136. The molecule has 1 unspecified atom stereocenters. The zero-order valence-electron chi connectivity index (χ0n) is 7.88. The molecule has 78 valence electrons. The maximum atomic E-state index is 10.8. The minimum atomic E-state index is -3.93. The second kappa shape index (κ2) is 4.07. The van der Waals surface area contributed by atoms with E-state index in [2.05, 4.69) is 0 Å². The summed E-state index contributed by atoms with van der Waals surface area (Å²) in [6.45, 7) is 5.16. The third kappa shape index (κ3) is 4.74. The fraction of sp³-hybridized carbons (Fsp3) is 1.00. The molecule has 0 radical (unpaired) electrons. The summed E-state index contributed by atoms with van der Waals surface area (Å²) in [5, 5.41) is 0. The second-order valence-corrected chi connectivity index (χ2v) is 5.24. The molecule has 1 aliphatic rings. The van der Waals surface area contributed by atoms with E-state index in [1.54, 1.807) is 4.90 Å². The highest BCUT2D eigenvalue weighted by Gasteiger charge is 2.29. The molecule has 0 aromatic rings. The maximum Gasteiger partial charge on any atom is 0.339 e. The molecule has 1 rings (SSSR count). The summed E-state index contributed by atoms with van der Waals surface area (Å²) in [7, 11) is -3.93. The van der Waals surface area contributed by atoms with Gasteiger partial charge in [0.2, 0.25) is 0 Å². The molecule has 1 fully saturated rings. The van der Waals surface area contributed by atoms with Crippen LogP contribution in [0.15, 0.2) is 0 Å². The molecule has 1 saturated heterocycles. The van der Waals surface area contributed by atoms with Gasteiger partial charge in [0.15, 0.2) is 0 Å². The molecule has 0 aromatic heterocycles. The van der Waals surface area contributed by atoms with E-state index in [0.717, 1.165) is 0 Å². The first kappa shape index (κ1) is 11.1. The van der Waals surface area contributed by atoms with E-state index in [4.69, 9.17) is 14.5 Å². The fourth-order valence-corrected chi connectivity index (χ4v) is 2.02. The summed E-state index contributed by atoms with van der Waals surface area (Å²) in [5.41, 5.74) is 0. The zero-order valence-corrected chi connectivity index (χ0v) is 8.78. The molecule has 0 aromatic carbocycles. The highest BCUT2D eigenvalue weighted by Crippen LogP contribution is 2.36. The number of nitrogens with zero attached hydrogens (tertiary/aromatic N) is 1. The van der Waals surface area contributed by atoms with Crippen LogP contribution in [-0.2, 0) is 9.30 Å². The van der Waals surface area contributed by atoms with Crippen molar-refractivity contribution in [3.05, 3.63) is 0 Å². The number of epoxide rings is 1. The molecule has 0 amide bonds. The van der Waals surface area contributed by atoms with Crippen molar-refractivity contribution < 1.29 is 19.1 Å². The van der Waals surface area contributed by atoms with E-state index in [9.17, 15) is 4.57 Å². The zero-order chi connectivity index (χ0) is 10.1. The molecule has 0 bridgehead atoms. The predicted molar refractivity (Wildman–Crippen MR) is 48.5 cm³/mol. The minimum absolute atomic E-state index is 0.136. The van der Waals surface area contributed by atoms with Crippen LogP contribution in [-0.4, -0.2) is 46.3 Å². The minimum Gasteiger partial charge on any atom is -0.372 e. The van der Waals surface area contributed by atoms with E-state index < -0.39 is 7.60 Å². The van der Waals surface area contributed by atoms with Gasteiger partial charge in [-0.25, -0.2) is 0 Å². The summed E-state index contributed by atoms with van der Waals surface area (Å²) < 4.78 is 15.8. The Balaban J connectivity index is 2.41. The Morgan fingerprint density at radius 1 is 1.62 bits per heavy atom. The topological polar surface area (TPSA) is 73.3 Å². The highest BCUT2D eigenvalue weighted by atomic mass is 31.2. The van der Waals surface area contributed by atoms with Gasteiger partial charge in [-0.05, 0) is 13.8 Å². The molecule has 0 aliphatic carbocycles. The van der Waals surface area contributed by atoms with Crippen molar-refractivity contribution in [2.24, 2.45) is 0 Å². The van der Waals surface area contributed by atoms with Crippen LogP contribution in [0.1, 0.15) is 13.8 Å². The molecular weight excluding hydrogens is 193 g/mol. The normalized spacial score (nSPS) is 22.8. The molecule has 2 N–H and O–H groups in total. The van der Waals surface area contributed by atoms with Crippen molar-refractivity contribution in [2.45, 2.75) is 26.0 Å². The lowest BCUT2D eigenvalue weighted by molar-refractivity contribution is 0.211. The van der Waals surface area contributed by atoms with E-state index in [-0.39, 0.29) is 18.4 Å². The third-order valence-corrected chi connectivity index (χ3v) is 2.67. The Morgan fingerprint density at radius 2 is 2.15 bits per heavy atom. The largest absolute Gasteiger partial charge is 0.372 e. The van der Waals surface area contributed by atoms with Crippen LogP contribution in [0.2, 0.25) is 0 Å². The lowest BCUT2D eigenvalue weighted by atomic mass is 10.3. The average molecular weight is 209 g/mol. The second-order valence-electron chi connectivity index (χ2n) is 3.63. The van der Waals surface area contributed by atoms with Crippen molar-refractivity contribution in [1.82, 2.24) is 4.90 Å². The first-order valence-corrected chi connectivity index (χ1v) is 6.08. The molecule has 0 saturated carbocycles. The van der Waals surface area contributed by atoms with E-state index >= 15 is 0 Å². The van der Waals surface area contributed by atoms with E-state index in [1.807, 2.05) is 13.8 Å². The quantitative estimate of drug-likeness (QED) is 0.501. The van der Waals surface area contributed by atoms with Gasteiger partial charge in [0, 0.05) is 12.6 Å². The lowest BCUT2D eigenvalue weighted by Gasteiger charge is -2.25. The number of hydrogen-bond acceptors (Lipinski definition) is 3. The number of hydrogen-bond donors (Lipinski definition) is 2. The van der Waals surface area contributed by atoms with Gasteiger partial charge in [0.05, 0.1) is 12.7 Å². The van der Waals surface area contributed by atoms with Gasteiger partial charge in [0.1, 0.15) is 6.29 Å². The van der Waals surface area contributed by atoms with Crippen LogP contribution < -0.4 is 0 Å². The highest BCUT2D eigenvalue weighted by molar-refractivity contribution is 7.51. The van der Waals surface area contributed by atoms with Crippen LogP contribution in [0.4, 0.5) is 0 Å². The summed E-state index contributed by atoms with van der Waals surface area (Å²) in [6.07, 6.45) is -0.00111. The first-order chi connectivity index (χ1) is 5.88. The molecule has 1 atom stereocenters. The van der Waals surface area contributed by atoms with Crippen LogP contribution in [0, 0.1) is 0 Å². The van der Waals surface area contributed by atoms with Crippen molar-refractivity contribution in [1.29, 1.82) is 0 Å². The Kier molecular flexibility index (Phi) is 3.49. The van der Waals surface area contributed by atoms with Crippen LogP contribution in [0.3, 0.4) is 0 Å². The fourth-order valence-electron chi connectivity index (χ4n) is 1.10. The predicted octanol–water partition coefficient (Wildman–Crippen LogP) is 0.231. The average Bonchev–Trinajstić information content (AvgIpc) is 2.66. The van der Waals surface area contributed by atoms with Gasteiger partial charge in [-0.3, -0.25) is 9.46 Å². The monoisotopic (exact) mass is 209 g/mol. The van der Waals surface area contributed by atoms with Crippen LogP contribution >= 0.6 is 7.60 Å². The Hall–Kier alpha value is 0.0700. The van der Waals surface area contributed by atoms with Gasteiger partial charge in [-0.1, -0.05) is 0 Å². The molecule has 1 heterocycles. The first-order valence-electron chi connectivity index (χ1n) is 4.29. The van der Waals surface area contributed by atoms with Crippen LogP contribution in [0.5, 0.6) is 0 Å². The Bertz CT molecular complexity index is 211. The smallest absolute Gasteiger partial charge is 0.339 e. The van der Waals surface area contributed by atoms with Crippen molar-refractivity contribution in [3.63, 3.8) is 0 Å². The molecule has 1 aliphatic heterocycles. The van der Waals surface area contributed by atoms with Crippen molar-refractivity contribution in [3.8, 4) is 0 Å². The molecule has 13 heavy (non-hydrogen) atoms. The number of ether oxygens (including phenoxy) is 1. The third-order valence-electron chi connectivity index (χ3n) is 1.94. The van der Waals surface area contributed by atoms with E-state index in [1.165, 1.54) is 0 Å². The van der Waals surface area contributed by atoms with Gasteiger partial charge < -0.3 is 14.5 Å². The van der Waals surface area contributed by atoms with Crippen molar-refractivity contribution >= 4 is 7.60 Å². The summed E-state index contributed by atoms with van der Waals surface area (Å²) in [5.74, 6) is 0. The Labute approximate surface area is 77.8 Å². The van der Waals surface area contributed by atoms with Gasteiger partial charge in [-0.15, -0.1) is 0 Å². The lowest BCUT2D eigenvalue weighted by Crippen LogP contribution is -2.35. The maximum absolute atomic E-state index is 10.8. The Morgan fingerprint density at radius 3 is 2.46 bits per heavy atom. The molecular formula is C7H16NO4P.